The van der Waals surface area contributed by atoms with Crippen LogP contribution in [0, 0.1) is 33.5 Å². The van der Waals surface area contributed by atoms with Crippen molar-refractivity contribution in [3.05, 3.63) is 57.9 Å². The summed E-state index contributed by atoms with van der Waals surface area (Å²) in [7, 11) is 0. The van der Waals surface area contributed by atoms with Crippen LogP contribution < -0.4 is 0 Å². The van der Waals surface area contributed by atoms with Crippen LogP contribution in [-0.4, -0.2) is 21.2 Å². The highest BCUT2D eigenvalue weighted by Gasteiger charge is 2.21. The lowest BCUT2D eigenvalue weighted by molar-refractivity contribution is 0.0696. The fourth-order valence-corrected chi connectivity index (χ4v) is 2.80. The molecular weight excluding hydrogens is 323 g/mol. The second-order valence-corrected chi connectivity index (χ2v) is 6.03. The average molecular weight is 340 g/mol. The Bertz CT molecular complexity index is 993. The summed E-state index contributed by atoms with van der Waals surface area (Å²) in [4.78, 5) is 15.6. The van der Waals surface area contributed by atoms with Crippen LogP contribution in [0.4, 0.5) is 4.39 Å². The topological polar surface area (TPSA) is 76.2 Å². The summed E-state index contributed by atoms with van der Waals surface area (Å²) in [5.41, 5.74) is 3.70. The number of benzene rings is 2. The molecule has 0 saturated carbocycles. The monoisotopic (exact) mass is 340 g/mol. The van der Waals surface area contributed by atoms with Gasteiger partial charge in [0.15, 0.2) is 0 Å². The molecule has 5 nitrogen and oxygen atoms in total. The highest BCUT2D eigenvalue weighted by molar-refractivity contribution is 5.92. The maximum absolute atomic E-state index is 14.5. The molecule has 0 aliphatic carbocycles. The number of carboxylic acid groups (broad SMARTS) is 1. The number of carbonyl (C=O) groups is 1. The van der Waals surface area contributed by atoms with Crippen LogP contribution in [-0.2, 0) is 0 Å². The first-order chi connectivity index (χ1) is 11.8. The summed E-state index contributed by atoms with van der Waals surface area (Å²) in [5.74, 6) is -1.12. The second-order valence-electron chi connectivity index (χ2n) is 6.03. The van der Waals surface area contributed by atoms with E-state index in [2.05, 4.69) is 10.1 Å². The van der Waals surface area contributed by atoms with Crippen molar-refractivity contribution in [2.24, 2.45) is 0 Å². The Kier molecular flexibility index (Phi) is 4.12. The van der Waals surface area contributed by atoms with Crippen molar-refractivity contribution < 1.29 is 18.8 Å². The molecule has 6 heteroatoms. The summed E-state index contributed by atoms with van der Waals surface area (Å²) in [6.07, 6.45) is 0. The van der Waals surface area contributed by atoms with Gasteiger partial charge in [0.1, 0.15) is 5.82 Å². The van der Waals surface area contributed by atoms with E-state index in [0.717, 1.165) is 11.1 Å². The van der Waals surface area contributed by atoms with Crippen LogP contribution in [0.1, 0.15) is 32.6 Å². The summed E-state index contributed by atoms with van der Waals surface area (Å²) in [5, 5.41) is 13.2. The largest absolute Gasteiger partial charge is 0.478 e. The third kappa shape index (κ3) is 2.80. The minimum absolute atomic E-state index is 0.0649. The van der Waals surface area contributed by atoms with Crippen molar-refractivity contribution in [3.8, 4) is 22.8 Å². The van der Waals surface area contributed by atoms with Gasteiger partial charge >= 0.3 is 5.97 Å². The number of hydrogen-bond acceptors (Lipinski definition) is 4. The first-order valence-corrected chi connectivity index (χ1v) is 7.75. The van der Waals surface area contributed by atoms with Crippen LogP contribution >= 0.6 is 0 Å². The number of aryl methyl sites for hydroxylation is 2. The van der Waals surface area contributed by atoms with Gasteiger partial charge in [-0.3, -0.25) is 0 Å². The normalized spacial score (nSPS) is 10.9. The Morgan fingerprint density at radius 2 is 1.72 bits per heavy atom. The molecule has 1 aromatic heterocycles. The second kappa shape index (κ2) is 6.12. The van der Waals surface area contributed by atoms with Crippen molar-refractivity contribution in [1.82, 2.24) is 10.1 Å². The highest BCUT2D eigenvalue weighted by Crippen LogP contribution is 2.31. The van der Waals surface area contributed by atoms with Gasteiger partial charge in [-0.1, -0.05) is 17.3 Å². The SMILES string of the molecule is Cc1ccc(-c2nc(-c3c(C)ccc(C(=O)O)c3C)no2)c(F)c1C. The summed E-state index contributed by atoms with van der Waals surface area (Å²) < 4.78 is 19.7. The number of aromatic carboxylic acids is 1. The van der Waals surface area contributed by atoms with Crippen LogP contribution in [0.5, 0.6) is 0 Å². The molecule has 1 heterocycles. The maximum Gasteiger partial charge on any atom is 0.335 e. The van der Waals surface area contributed by atoms with Crippen molar-refractivity contribution in [3.63, 3.8) is 0 Å². The molecule has 0 aliphatic rings. The minimum atomic E-state index is -1.03. The predicted octanol–water partition coefficient (Wildman–Crippen LogP) is 4.47. The van der Waals surface area contributed by atoms with Gasteiger partial charge in [-0.2, -0.15) is 4.98 Å². The molecular formula is C19H17FN2O3. The summed E-state index contributed by atoms with van der Waals surface area (Å²) >= 11 is 0. The van der Waals surface area contributed by atoms with E-state index in [1.54, 1.807) is 38.1 Å². The smallest absolute Gasteiger partial charge is 0.335 e. The quantitative estimate of drug-likeness (QED) is 0.761. The van der Waals surface area contributed by atoms with Gasteiger partial charge in [-0.25, -0.2) is 9.18 Å². The number of nitrogens with zero attached hydrogens (tertiary/aromatic N) is 2. The Balaban J connectivity index is 2.14. The molecule has 0 bridgehead atoms. The standard InChI is InChI=1S/C19H17FN2O3/c1-9-5-8-14(16(20)11(9)3)18-21-17(22-25-18)15-10(2)6-7-13(12(15)4)19(23)24/h5-8H,1-4H3,(H,23,24). The first-order valence-electron chi connectivity index (χ1n) is 7.75. The van der Waals surface area contributed by atoms with E-state index in [1.165, 1.54) is 0 Å². The Morgan fingerprint density at radius 1 is 1.04 bits per heavy atom. The zero-order valence-corrected chi connectivity index (χ0v) is 14.3. The minimum Gasteiger partial charge on any atom is -0.478 e. The fourth-order valence-electron chi connectivity index (χ4n) is 2.80. The number of hydrogen-bond donors (Lipinski definition) is 1. The number of rotatable bonds is 3. The molecule has 3 aromatic rings. The van der Waals surface area contributed by atoms with Gasteiger partial charge in [-0.15, -0.1) is 0 Å². The maximum atomic E-state index is 14.5. The van der Waals surface area contributed by atoms with Gasteiger partial charge in [0, 0.05) is 5.56 Å². The third-order valence-electron chi connectivity index (χ3n) is 4.44. The molecule has 0 amide bonds. The number of aromatic nitrogens is 2. The molecule has 0 atom stereocenters. The first kappa shape index (κ1) is 16.8. The lowest BCUT2D eigenvalue weighted by Crippen LogP contribution is -2.03. The van der Waals surface area contributed by atoms with Crippen molar-refractivity contribution >= 4 is 5.97 Å². The Hall–Kier alpha value is -3.02. The molecule has 2 aromatic carbocycles. The van der Waals surface area contributed by atoms with E-state index in [9.17, 15) is 14.3 Å². The Labute approximate surface area is 144 Å². The van der Waals surface area contributed by atoms with Crippen LogP contribution in [0.2, 0.25) is 0 Å². The van der Waals surface area contributed by atoms with E-state index in [-0.39, 0.29) is 22.8 Å². The zero-order chi connectivity index (χ0) is 18.3. The summed E-state index contributed by atoms with van der Waals surface area (Å²) in [6, 6.07) is 6.63. The van der Waals surface area contributed by atoms with Crippen LogP contribution in [0.3, 0.4) is 0 Å². The molecule has 1 N–H and O–H groups in total. The zero-order valence-electron chi connectivity index (χ0n) is 14.3. The molecule has 128 valence electrons. The van der Waals surface area contributed by atoms with E-state index < -0.39 is 11.8 Å². The van der Waals surface area contributed by atoms with E-state index >= 15 is 0 Å². The third-order valence-corrected chi connectivity index (χ3v) is 4.44. The molecule has 0 spiro atoms. The summed E-state index contributed by atoms with van der Waals surface area (Å²) in [6.45, 7) is 7.04. The molecule has 25 heavy (non-hydrogen) atoms. The van der Waals surface area contributed by atoms with Gasteiger partial charge in [-0.05, 0) is 62.1 Å². The fraction of sp³-hybridized carbons (Fsp3) is 0.211. The number of carboxylic acids is 1. The van der Waals surface area contributed by atoms with Crippen molar-refractivity contribution in [2.45, 2.75) is 27.7 Å². The van der Waals surface area contributed by atoms with Gasteiger partial charge in [0.05, 0.1) is 11.1 Å². The van der Waals surface area contributed by atoms with E-state index in [4.69, 9.17) is 4.52 Å². The molecule has 0 unspecified atom stereocenters. The van der Waals surface area contributed by atoms with Crippen LogP contribution in [0.25, 0.3) is 22.8 Å². The molecule has 3 rings (SSSR count). The molecule has 0 radical (unpaired) electrons. The molecule has 0 aliphatic heterocycles. The molecule has 0 fully saturated rings. The average Bonchev–Trinajstić information content (AvgIpc) is 3.01. The Morgan fingerprint density at radius 3 is 2.40 bits per heavy atom. The molecule has 0 saturated heterocycles. The van der Waals surface area contributed by atoms with Crippen molar-refractivity contribution in [2.75, 3.05) is 0 Å². The van der Waals surface area contributed by atoms with Gasteiger partial charge < -0.3 is 9.63 Å². The van der Waals surface area contributed by atoms with E-state index in [0.29, 0.717) is 16.7 Å². The van der Waals surface area contributed by atoms with Gasteiger partial charge in [0.25, 0.3) is 5.89 Å². The van der Waals surface area contributed by atoms with E-state index in [1.807, 2.05) is 13.8 Å². The van der Waals surface area contributed by atoms with Crippen LogP contribution in [0.15, 0.2) is 28.8 Å². The van der Waals surface area contributed by atoms with Gasteiger partial charge in [0.2, 0.25) is 5.82 Å². The highest BCUT2D eigenvalue weighted by atomic mass is 19.1. The predicted molar refractivity (Wildman–Crippen MR) is 91.0 cm³/mol. The lowest BCUT2D eigenvalue weighted by Gasteiger charge is -2.08. The van der Waals surface area contributed by atoms with Crippen molar-refractivity contribution in [1.29, 1.82) is 0 Å². The number of halogens is 1. The lowest BCUT2D eigenvalue weighted by atomic mass is 9.97.